The number of nitrogens with zero attached hydrogens (tertiary/aromatic N) is 4. The van der Waals surface area contributed by atoms with Crippen LogP contribution in [0.1, 0.15) is 19.8 Å². The highest BCUT2D eigenvalue weighted by Gasteiger charge is 2.14. The molecule has 6 heteroatoms. The second kappa shape index (κ2) is 9.17. The summed E-state index contributed by atoms with van der Waals surface area (Å²) in [5.41, 5.74) is 2.61. The smallest absolute Gasteiger partial charge is 0.255 e. The molecule has 0 bridgehead atoms. The summed E-state index contributed by atoms with van der Waals surface area (Å²) in [4.78, 5) is 23.2. The van der Waals surface area contributed by atoms with E-state index in [0.29, 0.717) is 17.7 Å². The van der Waals surface area contributed by atoms with Crippen LogP contribution in [0, 0.1) is 0 Å². The Morgan fingerprint density at radius 2 is 1.86 bits per heavy atom. The Morgan fingerprint density at radius 1 is 1.14 bits per heavy atom. The molecule has 3 rings (SSSR count). The lowest BCUT2D eigenvalue weighted by atomic mass is 10.1. The highest BCUT2D eigenvalue weighted by molar-refractivity contribution is 5.59. The first-order valence-corrected chi connectivity index (χ1v) is 9.59. The minimum Gasteiger partial charge on any atom is -0.382 e. The Balaban J connectivity index is 1.73. The molecule has 0 fully saturated rings. The van der Waals surface area contributed by atoms with E-state index in [1.807, 2.05) is 42.3 Å². The fourth-order valence-corrected chi connectivity index (χ4v) is 3.14. The van der Waals surface area contributed by atoms with Crippen LogP contribution >= 0.6 is 0 Å². The topological polar surface area (TPSA) is 63.1 Å². The van der Waals surface area contributed by atoms with E-state index >= 15 is 0 Å². The van der Waals surface area contributed by atoms with Crippen molar-refractivity contribution < 1.29 is 0 Å². The molecule has 2 aromatic heterocycles. The maximum Gasteiger partial charge on any atom is 0.255 e. The van der Waals surface area contributed by atoms with Gasteiger partial charge in [0.25, 0.3) is 5.56 Å². The van der Waals surface area contributed by atoms with Gasteiger partial charge in [0.1, 0.15) is 0 Å². The number of anilines is 2. The van der Waals surface area contributed by atoms with Crippen molar-refractivity contribution >= 4 is 11.6 Å². The minimum atomic E-state index is -0.0712. The number of benzene rings is 1. The van der Waals surface area contributed by atoms with E-state index in [0.717, 1.165) is 30.6 Å². The highest BCUT2D eigenvalue weighted by Crippen LogP contribution is 2.18. The molecule has 2 heterocycles. The molecule has 0 radical (unpaired) electrons. The molecule has 3 aromatic rings. The second-order valence-electron chi connectivity index (χ2n) is 6.90. The number of aromatic nitrogens is 3. The van der Waals surface area contributed by atoms with E-state index in [-0.39, 0.29) is 5.56 Å². The number of para-hydroxylation sites is 1. The lowest BCUT2D eigenvalue weighted by Crippen LogP contribution is -2.32. The second-order valence-corrected chi connectivity index (χ2v) is 6.90. The van der Waals surface area contributed by atoms with Crippen molar-refractivity contribution in [3.05, 3.63) is 71.3 Å². The van der Waals surface area contributed by atoms with Gasteiger partial charge in [0.05, 0.1) is 5.69 Å². The van der Waals surface area contributed by atoms with Crippen LogP contribution in [0.3, 0.4) is 0 Å². The first kappa shape index (κ1) is 19.6. The predicted molar refractivity (Wildman–Crippen MR) is 115 cm³/mol. The van der Waals surface area contributed by atoms with Gasteiger partial charge in [0.15, 0.2) is 0 Å². The number of rotatable bonds is 8. The standard InChI is InChI=1S/C22H27N5O/c1-4-18(24-19-8-6-5-7-9-19)12-15-26(2)22-25-20(16-21(28)27(22)3)17-10-13-23-14-11-17/h5-11,13-14,16,18,24H,4,12,15H2,1-3H3/t18-/m1/s1. The molecule has 0 amide bonds. The lowest BCUT2D eigenvalue weighted by Gasteiger charge is -2.25. The average molecular weight is 377 g/mol. The normalized spacial score (nSPS) is 11.8. The van der Waals surface area contributed by atoms with Crippen LogP contribution < -0.4 is 15.8 Å². The third-order valence-electron chi connectivity index (χ3n) is 4.88. The largest absolute Gasteiger partial charge is 0.382 e. The van der Waals surface area contributed by atoms with Gasteiger partial charge in [-0.25, -0.2) is 4.98 Å². The lowest BCUT2D eigenvalue weighted by molar-refractivity contribution is 0.618. The fraction of sp³-hybridized carbons (Fsp3) is 0.318. The van der Waals surface area contributed by atoms with Crippen molar-refractivity contribution in [3.8, 4) is 11.3 Å². The number of hydrogen-bond acceptors (Lipinski definition) is 5. The summed E-state index contributed by atoms with van der Waals surface area (Å²) in [7, 11) is 3.74. The third-order valence-corrected chi connectivity index (χ3v) is 4.88. The maximum atomic E-state index is 12.4. The highest BCUT2D eigenvalue weighted by atomic mass is 16.1. The van der Waals surface area contributed by atoms with Crippen LogP contribution in [0.15, 0.2) is 65.7 Å². The molecular weight excluding hydrogens is 350 g/mol. The Morgan fingerprint density at radius 3 is 2.54 bits per heavy atom. The zero-order valence-corrected chi connectivity index (χ0v) is 16.7. The van der Waals surface area contributed by atoms with Crippen LogP contribution in [0.2, 0.25) is 0 Å². The Hall–Kier alpha value is -3.15. The molecule has 0 saturated heterocycles. The van der Waals surface area contributed by atoms with E-state index in [2.05, 4.69) is 29.4 Å². The first-order valence-electron chi connectivity index (χ1n) is 9.59. The van der Waals surface area contributed by atoms with Crippen LogP contribution in [0.25, 0.3) is 11.3 Å². The van der Waals surface area contributed by atoms with Crippen molar-refractivity contribution in [2.45, 2.75) is 25.8 Å². The molecule has 0 aliphatic carbocycles. The summed E-state index contributed by atoms with van der Waals surface area (Å²) in [6, 6.07) is 15.9. The molecule has 1 N–H and O–H groups in total. The van der Waals surface area contributed by atoms with Crippen LogP contribution in [-0.4, -0.2) is 34.2 Å². The van der Waals surface area contributed by atoms with Crippen molar-refractivity contribution in [2.24, 2.45) is 7.05 Å². The Bertz CT molecular complexity index is 940. The molecule has 0 saturated carbocycles. The minimum absolute atomic E-state index is 0.0712. The first-order chi connectivity index (χ1) is 13.6. The van der Waals surface area contributed by atoms with Gasteiger partial charge in [-0.05, 0) is 37.1 Å². The summed E-state index contributed by atoms with van der Waals surface area (Å²) in [6.45, 7) is 2.97. The van der Waals surface area contributed by atoms with Crippen molar-refractivity contribution in [1.82, 2.24) is 14.5 Å². The zero-order chi connectivity index (χ0) is 19.9. The summed E-state index contributed by atoms with van der Waals surface area (Å²) >= 11 is 0. The molecule has 0 spiro atoms. The van der Waals surface area contributed by atoms with Crippen molar-refractivity contribution in [1.29, 1.82) is 0 Å². The van der Waals surface area contributed by atoms with E-state index in [9.17, 15) is 4.79 Å². The monoisotopic (exact) mass is 377 g/mol. The summed E-state index contributed by atoms with van der Waals surface area (Å²) in [6.07, 6.45) is 5.38. The molecule has 0 unspecified atom stereocenters. The Labute approximate surface area is 165 Å². The van der Waals surface area contributed by atoms with Crippen LogP contribution in [-0.2, 0) is 7.05 Å². The quantitative estimate of drug-likeness (QED) is 0.650. The van der Waals surface area contributed by atoms with Crippen molar-refractivity contribution in [3.63, 3.8) is 0 Å². The third kappa shape index (κ3) is 4.76. The SMILES string of the molecule is CC[C@H](CCN(C)c1nc(-c2ccncc2)cc(=O)n1C)Nc1ccccc1. The number of pyridine rings is 1. The van der Waals surface area contributed by atoms with Crippen molar-refractivity contribution in [2.75, 3.05) is 23.8 Å². The van der Waals surface area contributed by atoms with Crippen LogP contribution in [0.4, 0.5) is 11.6 Å². The van der Waals surface area contributed by atoms with Gasteiger partial charge in [-0.15, -0.1) is 0 Å². The van der Waals surface area contributed by atoms with Gasteiger partial charge < -0.3 is 10.2 Å². The van der Waals surface area contributed by atoms with E-state index in [1.165, 1.54) is 0 Å². The molecule has 1 atom stereocenters. The maximum absolute atomic E-state index is 12.4. The van der Waals surface area contributed by atoms with Gasteiger partial charge in [0.2, 0.25) is 5.95 Å². The van der Waals surface area contributed by atoms with E-state index in [4.69, 9.17) is 4.98 Å². The van der Waals surface area contributed by atoms with Gasteiger partial charge in [0, 0.05) is 56.4 Å². The molecule has 0 aliphatic heterocycles. The summed E-state index contributed by atoms with van der Waals surface area (Å²) < 4.78 is 1.59. The van der Waals surface area contributed by atoms with Crippen LogP contribution in [0.5, 0.6) is 0 Å². The molecular formula is C22H27N5O. The molecule has 6 nitrogen and oxygen atoms in total. The zero-order valence-electron chi connectivity index (χ0n) is 16.7. The number of hydrogen-bond donors (Lipinski definition) is 1. The van der Waals surface area contributed by atoms with Gasteiger partial charge in [-0.2, -0.15) is 0 Å². The van der Waals surface area contributed by atoms with Gasteiger partial charge in [-0.1, -0.05) is 25.1 Å². The molecule has 146 valence electrons. The predicted octanol–water partition coefficient (Wildman–Crippen LogP) is 3.56. The van der Waals surface area contributed by atoms with E-state index < -0.39 is 0 Å². The summed E-state index contributed by atoms with van der Waals surface area (Å²) in [5.74, 6) is 0.661. The molecule has 1 aromatic carbocycles. The molecule has 28 heavy (non-hydrogen) atoms. The Kier molecular flexibility index (Phi) is 6.42. The van der Waals surface area contributed by atoms with E-state index in [1.54, 1.807) is 30.1 Å². The molecule has 0 aliphatic rings. The average Bonchev–Trinajstić information content (AvgIpc) is 2.74. The van der Waals surface area contributed by atoms with Gasteiger partial charge >= 0.3 is 0 Å². The summed E-state index contributed by atoms with van der Waals surface area (Å²) in [5, 5.41) is 3.58. The van der Waals surface area contributed by atoms with Gasteiger partial charge in [-0.3, -0.25) is 14.3 Å². The fourth-order valence-electron chi connectivity index (χ4n) is 3.14. The number of nitrogens with one attached hydrogen (secondary N) is 1.